The molecule has 0 aliphatic carbocycles. The molecule has 1 atom stereocenters. The Morgan fingerprint density at radius 3 is 3.13 bits per heavy atom. The van der Waals surface area contributed by atoms with E-state index in [0.29, 0.717) is 4.75 Å². The molecule has 1 unspecified atom stereocenters. The van der Waals surface area contributed by atoms with Gasteiger partial charge in [0.15, 0.2) is 0 Å². The second kappa shape index (κ2) is 4.58. The highest BCUT2D eigenvalue weighted by Crippen LogP contribution is 2.36. The van der Waals surface area contributed by atoms with E-state index in [-0.39, 0.29) is 0 Å². The topological polar surface area (TPSA) is 29.9 Å². The summed E-state index contributed by atoms with van der Waals surface area (Å²) in [5.41, 5.74) is 1.25. The van der Waals surface area contributed by atoms with Crippen molar-refractivity contribution in [1.82, 2.24) is 14.9 Å². The number of imidazole rings is 1. The molecular formula is C11H19N3S. The van der Waals surface area contributed by atoms with Gasteiger partial charge in [0.1, 0.15) is 0 Å². The van der Waals surface area contributed by atoms with Gasteiger partial charge in [-0.15, -0.1) is 0 Å². The molecule has 0 saturated carbocycles. The second-order valence-electron chi connectivity index (χ2n) is 4.50. The van der Waals surface area contributed by atoms with Crippen molar-refractivity contribution >= 4 is 11.8 Å². The lowest BCUT2D eigenvalue weighted by atomic mass is 10.1. The first-order valence-electron chi connectivity index (χ1n) is 5.49. The molecule has 0 aromatic carbocycles. The standard InChI is InChI=1S/C11H19N3S/c1-11(4-3-5-15-11)8-12-6-10-7-13-9-14(10)2/h7,9,12H,3-6,8H2,1-2H3. The minimum Gasteiger partial charge on any atom is -0.337 e. The van der Waals surface area contributed by atoms with E-state index in [1.807, 2.05) is 19.6 Å². The normalized spacial score (nSPS) is 26.0. The van der Waals surface area contributed by atoms with Crippen LogP contribution in [-0.4, -0.2) is 26.6 Å². The van der Waals surface area contributed by atoms with Crippen LogP contribution < -0.4 is 5.32 Å². The molecule has 1 saturated heterocycles. The van der Waals surface area contributed by atoms with Crippen LogP contribution in [0.25, 0.3) is 0 Å². The molecule has 1 N–H and O–H groups in total. The lowest BCUT2D eigenvalue weighted by Crippen LogP contribution is -2.32. The minimum absolute atomic E-state index is 0.457. The minimum atomic E-state index is 0.457. The van der Waals surface area contributed by atoms with Crippen molar-refractivity contribution in [3.05, 3.63) is 18.2 Å². The summed E-state index contributed by atoms with van der Waals surface area (Å²) in [6.07, 6.45) is 6.49. The van der Waals surface area contributed by atoms with Crippen molar-refractivity contribution < 1.29 is 0 Å². The maximum atomic E-state index is 4.11. The Kier molecular flexibility index (Phi) is 3.36. The van der Waals surface area contributed by atoms with Crippen LogP contribution >= 0.6 is 11.8 Å². The van der Waals surface area contributed by atoms with Gasteiger partial charge in [0.2, 0.25) is 0 Å². The maximum absolute atomic E-state index is 4.11. The fourth-order valence-corrected chi connectivity index (χ4v) is 3.26. The van der Waals surface area contributed by atoms with Crippen LogP contribution in [0, 0.1) is 0 Å². The highest BCUT2D eigenvalue weighted by atomic mass is 32.2. The van der Waals surface area contributed by atoms with Gasteiger partial charge in [-0.25, -0.2) is 4.98 Å². The maximum Gasteiger partial charge on any atom is 0.0945 e. The number of nitrogens with one attached hydrogen (secondary N) is 1. The Morgan fingerprint density at radius 2 is 2.53 bits per heavy atom. The first-order valence-corrected chi connectivity index (χ1v) is 6.48. The van der Waals surface area contributed by atoms with Crippen LogP contribution in [0.15, 0.2) is 12.5 Å². The van der Waals surface area contributed by atoms with Crippen molar-refractivity contribution in [2.75, 3.05) is 12.3 Å². The van der Waals surface area contributed by atoms with Crippen molar-refractivity contribution in [2.24, 2.45) is 7.05 Å². The summed E-state index contributed by atoms with van der Waals surface area (Å²) in [7, 11) is 2.04. The van der Waals surface area contributed by atoms with Gasteiger partial charge in [0, 0.05) is 31.1 Å². The Morgan fingerprint density at radius 1 is 1.67 bits per heavy atom. The van der Waals surface area contributed by atoms with Crippen molar-refractivity contribution in [1.29, 1.82) is 0 Å². The number of hydrogen-bond donors (Lipinski definition) is 1. The van der Waals surface area contributed by atoms with E-state index < -0.39 is 0 Å². The SMILES string of the molecule is Cn1cncc1CNCC1(C)CCCS1. The van der Waals surface area contributed by atoms with E-state index in [1.54, 1.807) is 0 Å². The molecule has 0 amide bonds. The van der Waals surface area contributed by atoms with Crippen molar-refractivity contribution in [3.63, 3.8) is 0 Å². The van der Waals surface area contributed by atoms with E-state index in [1.165, 1.54) is 24.3 Å². The first-order chi connectivity index (χ1) is 7.20. The third kappa shape index (κ3) is 2.75. The molecule has 1 aromatic rings. The Hall–Kier alpha value is -0.480. The van der Waals surface area contributed by atoms with Crippen LogP contribution in [-0.2, 0) is 13.6 Å². The molecule has 3 nitrogen and oxygen atoms in total. The molecule has 0 bridgehead atoms. The molecule has 1 aliphatic heterocycles. The molecule has 1 aromatic heterocycles. The molecule has 0 radical (unpaired) electrons. The number of aromatic nitrogens is 2. The quantitative estimate of drug-likeness (QED) is 0.847. The molecule has 0 spiro atoms. The van der Waals surface area contributed by atoms with E-state index in [4.69, 9.17) is 0 Å². The second-order valence-corrected chi connectivity index (χ2v) is 6.18. The smallest absolute Gasteiger partial charge is 0.0945 e. The fraction of sp³-hybridized carbons (Fsp3) is 0.727. The van der Waals surface area contributed by atoms with E-state index in [2.05, 4.69) is 33.6 Å². The van der Waals surface area contributed by atoms with Gasteiger partial charge in [-0.2, -0.15) is 11.8 Å². The summed E-state index contributed by atoms with van der Waals surface area (Å²) in [6.45, 7) is 4.39. The number of rotatable bonds is 4. The van der Waals surface area contributed by atoms with Crippen LogP contribution in [0.5, 0.6) is 0 Å². The largest absolute Gasteiger partial charge is 0.337 e. The lowest BCUT2D eigenvalue weighted by molar-refractivity contribution is 0.529. The summed E-state index contributed by atoms with van der Waals surface area (Å²) >= 11 is 2.10. The third-order valence-electron chi connectivity index (χ3n) is 3.02. The molecule has 84 valence electrons. The number of aryl methyl sites for hydroxylation is 1. The monoisotopic (exact) mass is 225 g/mol. The fourth-order valence-electron chi connectivity index (χ4n) is 1.99. The first kappa shape index (κ1) is 11.0. The van der Waals surface area contributed by atoms with Crippen LogP contribution in [0.2, 0.25) is 0 Å². The molecule has 2 rings (SSSR count). The van der Waals surface area contributed by atoms with E-state index in [0.717, 1.165) is 13.1 Å². The highest BCUT2D eigenvalue weighted by molar-refractivity contribution is 8.00. The van der Waals surface area contributed by atoms with Gasteiger partial charge < -0.3 is 9.88 Å². The summed E-state index contributed by atoms with van der Waals surface area (Å²) in [5.74, 6) is 1.32. The van der Waals surface area contributed by atoms with Crippen molar-refractivity contribution in [3.8, 4) is 0 Å². The van der Waals surface area contributed by atoms with E-state index >= 15 is 0 Å². The number of hydrogen-bond acceptors (Lipinski definition) is 3. The van der Waals surface area contributed by atoms with Gasteiger partial charge in [-0.3, -0.25) is 0 Å². The molecule has 1 fully saturated rings. The zero-order chi connectivity index (χ0) is 10.7. The average Bonchev–Trinajstić information content (AvgIpc) is 2.78. The summed E-state index contributed by atoms with van der Waals surface area (Å²) in [4.78, 5) is 4.11. The van der Waals surface area contributed by atoms with Crippen LogP contribution in [0.3, 0.4) is 0 Å². The zero-order valence-electron chi connectivity index (χ0n) is 9.49. The average molecular weight is 225 g/mol. The van der Waals surface area contributed by atoms with Gasteiger partial charge in [-0.1, -0.05) is 0 Å². The van der Waals surface area contributed by atoms with E-state index in [9.17, 15) is 0 Å². The predicted octanol–water partition coefficient (Wildman–Crippen LogP) is 1.80. The number of thioether (sulfide) groups is 1. The molecule has 2 heterocycles. The zero-order valence-corrected chi connectivity index (χ0v) is 10.3. The van der Waals surface area contributed by atoms with Crippen molar-refractivity contribution in [2.45, 2.75) is 31.1 Å². The summed E-state index contributed by atoms with van der Waals surface area (Å²) in [5, 5.41) is 3.53. The predicted molar refractivity (Wildman–Crippen MR) is 65.0 cm³/mol. The van der Waals surface area contributed by atoms with Crippen LogP contribution in [0.1, 0.15) is 25.5 Å². The lowest BCUT2D eigenvalue weighted by Gasteiger charge is -2.22. The molecule has 1 aliphatic rings. The van der Waals surface area contributed by atoms with Gasteiger partial charge in [-0.05, 0) is 25.5 Å². The third-order valence-corrected chi connectivity index (χ3v) is 4.56. The molecule has 4 heteroatoms. The Bertz CT molecular complexity index is 315. The van der Waals surface area contributed by atoms with Crippen LogP contribution in [0.4, 0.5) is 0 Å². The van der Waals surface area contributed by atoms with Gasteiger partial charge in [0.25, 0.3) is 0 Å². The molecular weight excluding hydrogens is 206 g/mol. The summed E-state index contributed by atoms with van der Waals surface area (Å²) < 4.78 is 2.52. The molecule has 15 heavy (non-hydrogen) atoms. The number of nitrogens with zero attached hydrogens (tertiary/aromatic N) is 2. The van der Waals surface area contributed by atoms with Gasteiger partial charge >= 0.3 is 0 Å². The van der Waals surface area contributed by atoms with Gasteiger partial charge in [0.05, 0.1) is 12.0 Å². The summed E-state index contributed by atoms with van der Waals surface area (Å²) in [6, 6.07) is 0. The Balaban J connectivity index is 1.77. The highest BCUT2D eigenvalue weighted by Gasteiger charge is 2.28. The Labute approximate surface area is 95.7 Å².